The first-order valence-corrected chi connectivity index (χ1v) is 13.4. The summed E-state index contributed by atoms with van der Waals surface area (Å²) < 4.78 is 29.5. The fraction of sp³-hybridized carbons (Fsp3) is 0.308. The smallest absolute Gasteiger partial charge is 0.258 e. The SMILES string of the molecule is Cc1cc(F)c(C(=O)N2CCCC(OCc3cn(Cc4ncc(-c5cccc(Br)c5)o4)nn3)C2)c(Br)c1. The van der Waals surface area contributed by atoms with Crippen molar-refractivity contribution in [2.24, 2.45) is 0 Å². The van der Waals surface area contributed by atoms with E-state index in [0.717, 1.165) is 28.4 Å². The normalized spacial score (nSPS) is 15.8. The van der Waals surface area contributed by atoms with Crippen LogP contribution in [0.25, 0.3) is 11.3 Å². The molecule has 0 aliphatic carbocycles. The number of nitrogens with zero attached hydrogens (tertiary/aromatic N) is 5. The van der Waals surface area contributed by atoms with Crippen molar-refractivity contribution in [1.29, 1.82) is 0 Å². The molecular weight excluding hydrogens is 609 g/mol. The van der Waals surface area contributed by atoms with Crippen molar-refractivity contribution >= 4 is 37.8 Å². The summed E-state index contributed by atoms with van der Waals surface area (Å²) in [5, 5.41) is 8.33. The van der Waals surface area contributed by atoms with E-state index in [-0.39, 0.29) is 24.2 Å². The molecular formula is C26H24Br2FN5O3. The summed E-state index contributed by atoms with van der Waals surface area (Å²) in [6, 6.07) is 10.9. The number of benzene rings is 2. The number of hydrogen-bond donors (Lipinski definition) is 0. The average Bonchev–Trinajstić information content (AvgIpc) is 3.52. The number of ether oxygens (including phenoxy) is 1. The van der Waals surface area contributed by atoms with Gasteiger partial charge in [-0.15, -0.1) is 5.10 Å². The van der Waals surface area contributed by atoms with Crippen LogP contribution >= 0.6 is 31.9 Å². The second kappa shape index (κ2) is 11.2. The van der Waals surface area contributed by atoms with E-state index >= 15 is 0 Å². The van der Waals surface area contributed by atoms with Crippen LogP contribution in [-0.4, -0.2) is 50.0 Å². The summed E-state index contributed by atoms with van der Waals surface area (Å²) in [7, 11) is 0. The number of halogens is 3. The lowest BCUT2D eigenvalue weighted by Gasteiger charge is -2.33. The number of carbonyl (C=O) groups is 1. The van der Waals surface area contributed by atoms with E-state index in [9.17, 15) is 9.18 Å². The molecule has 1 aliphatic rings. The number of hydrogen-bond acceptors (Lipinski definition) is 6. The van der Waals surface area contributed by atoms with Crippen molar-refractivity contribution in [3.05, 3.63) is 86.3 Å². The second-order valence-electron chi connectivity index (χ2n) is 8.97. The van der Waals surface area contributed by atoms with Gasteiger partial charge in [-0.1, -0.05) is 33.3 Å². The molecule has 4 aromatic rings. The minimum atomic E-state index is -0.522. The largest absolute Gasteiger partial charge is 0.439 e. The van der Waals surface area contributed by atoms with Crippen molar-refractivity contribution < 1.29 is 18.3 Å². The Morgan fingerprint density at radius 3 is 2.95 bits per heavy atom. The highest BCUT2D eigenvalue weighted by molar-refractivity contribution is 9.10. The van der Waals surface area contributed by atoms with Gasteiger partial charge < -0.3 is 14.1 Å². The Labute approximate surface area is 230 Å². The van der Waals surface area contributed by atoms with E-state index in [2.05, 4.69) is 47.2 Å². The minimum absolute atomic E-state index is 0.0591. The van der Waals surface area contributed by atoms with Crippen LogP contribution in [0.1, 0.15) is 40.3 Å². The Balaban J connectivity index is 1.16. The lowest BCUT2D eigenvalue weighted by Crippen LogP contribution is -2.43. The zero-order chi connectivity index (χ0) is 25.9. The van der Waals surface area contributed by atoms with Crippen molar-refractivity contribution in [1.82, 2.24) is 24.9 Å². The Morgan fingerprint density at radius 1 is 1.27 bits per heavy atom. The van der Waals surface area contributed by atoms with E-state index < -0.39 is 5.82 Å². The van der Waals surface area contributed by atoms with Crippen LogP contribution in [0, 0.1) is 12.7 Å². The first-order chi connectivity index (χ1) is 17.9. The Bertz CT molecular complexity index is 1400. The fourth-order valence-electron chi connectivity index (χ4n) is 4.30. The number of rotatable bonds is 7. The predicted molar refractivity (Wildman–Crippen MR) is 141 cm³/mol. The van der Waals surface area contributed by atoms with Gasteiger partial charge in [0.1, 0.15) is 18.1 Å². The summed E-state index contributed by atoms with van der Waals surface area (Å²) in [5.74, 6) is 0.334. The molecule has 8 nitrogen and oxygen atoms in total. The third kappa shape index (κ3) is 6.16. The van der Waals surface area contributed by atoms with Gasteiger partial charge in [-0.25, -0.2) is 14.1 Å². The van der Waals surface area contributed by atoms with Crippen LogP contribution in [0.3, 0.4) is 0 Å². The third-order valence-corrected chi connectivity index (χ3v) is 7.20. The molecule has 1 unspecified atom stereocenters. The van der Waals surface area contributed by atoms with E-state index in [1.165, 1.54) is 6.07 Å². The van der Waals surface area contributed by atoms with Crippen molar-refractivity contribution in [2.45, 2.75) is 39.0 Å². The van der Waals surface area contributed by atoms with E-state index in [0.29, 0.717) is 41.5 Å². The van der Waals surface area contributed by atoms with Crippen molar-refractivity contribution in [3.8, 4) is 11.3 Å². The molecule has 1 atom stereocenters. The molecule has 1 amide bonds. The van der Waals surface area contributed by atoms with Gasteiger partial charge >= 0.3 is 0 Å². The molecule has 0 radical (unpaired) electrons. The highest BCUT2D eigenvalue weighted by atomic mass is 79.9. The molecule has 37 heavy (non-hydrogen) atoms. The van der Waals surface area contributed by atoms with Gasteiger partial charge in [-0.3, -0.25) is 4.79 Å². The van der Waals surface area contributed by atoms with Gasteiger partial charge in [-0.2, -0.15) is 0 Å². The van der Waals surface area contributed by atoms with Gasteiger partial charge in [0.25, 0.3) is 5.91 Å². The molecule has 11 heteroatoms. The van der Waals surface area contributed by atoms with Crippen molar-refractivity contribution in [2.75, 3.05) is 13.1 Å². The first-order valence-electron chi connectivity index (χ1n) is 11.8. The first kappa shape index (κ1) is 25.7. The van der Waals surface area contributed by atoms with Crippen LogP contribution in [-0.2, 0) is 17.9 Å². The maximum atomic E-state index is 14.5. The van der Waals surface area contributed by atoms with Crippen LogP contribution in [0.15, 0.2) is 62.2 Å². The molecule has 0 saturated carbocycles. The molecule has 0 spiro atoms. The summed E-state index contributed by atoms with van der Waals surface area (Å²) in [4.78, 5) is 19.0. The minimum Gasteiger partial charge on any atom is -0.439 e. The van der Waals surface area contributed by atoms with E-state index in [1.807, 2.05) is 24.3 Å². The maximum absolute atomic E-state index is 14.5. The van der Waals surface area contributed by atoms with Crippen LogP contribution < -0.4 is 0 Å². The zero-order valence-corrected chi connectivity index (χ0v) is 23.2. The number of piperidine rings is 1. The molecule has 1 saturated heterocycles. The lowest BCUT2D eigenvalue weighted by atomic mass is 10.1. The van der Waals surface area contributed by atoms with Crippen LogP contribution in [0.4, 0.5) is 4.39 Å². The quantitative estimate of drug-likeness (QED) is 0.257. The van der Waals surface area contributed by atoms with Gasteiger partial charge in [-0.05, 0) is 65.5 Å². The standard InChI is InChI=1S/C26H24Br2FN5O3/c1-16-8-21(28)25(22(29)9-16)26(35)33-7-3-6-20(13-33)36-15-19-12-34(32-31-19)14-24-30-11-23(37-24)17-4-2-5-18(27)10-17/h2,4-5,8-12,20H,3,6-7,13-15H2,1H3. The molecule has 2 aromatic heterocycles. The number of oxazole rings is 1. The molecule has 1 fully saturated rings. The van der Waals surface area contributed by atoms with E-state index in [4.69, 9.17) is 9.15 Å². The highest BCUT2D eigenvalue weighted by Gasteiger charge is 2.28. The number of amides is 1. The molecule has 1 aliphatic heterocycles. The van der Waals surface area contributed by atoms with E-state index in [1.54, 1.807) is 35.0 Å². The Morgan fingerprint density at radius 2 is 2.14 bits per heavy atom. The van der Waals surface area contributed by atoms with Crippen LogP contribution in [0.2, 0.25) is 0 Å². The molecule has 3 heterocycles. The molecule has 0 N–H and O–H groups in total. The lowest BCUT2D eigenvalue weighted by molar-refractivity contribution is -0.00803. The number of carbonyl (C=O) groups excluding carboxylic acids is 1. The predicted octanol–water partition coefficient (Wildman–Crippen LogP) is 5.78. The highest BCUT2D eigenvalue weighted by Crippen LogP contribution is 2.26. The topological polar surface area (TPSA) is 86.3 Å². The van der Waals surface area contributed by atoms with Crippen LogP contribution in [0.5, 0.6) is 0 Å². The van der Waals surface area contributed by atoms with Gasteiger partial charge in [0.05, 0.1) is 30.7 Å². The zero-order valence-electron chi connectivity index (χ0n) is 20.0. The second-order valence-corrected chi connectivity index (χ2v) is 10.7. The molecule has 5 rings (SSSR count). The van der Waals surface area contributed by atoms with Gasteiger partial charge in [0.2, 0.25) is 5.89 Å². The Kier molecular flexibility index (Phi) is 7.82. The fourth-order valence-corrected chi connectivity index (χ4v) is 5.42. The maximum Gasteiger partial charge on any atom is 0.258 e. The van der Waals surface area contributed by atoms with Crippen molar-refractivity contribution in [3.63, 3.8) is 0 Å². The van der Waals surface area contributed by atoms with Gasteiger partial charge in [0, 0.05) is 27.6 Å². The average molecular weight is 633 g/mol. The summed E-state index contributed by atoms with van der Waals surface area (Å²) >= 11 is 6.80. The monoisotopic (exact) mass is 631 g/mol. The number of aromatic nitrogens is 4. The molecule has 2 aromatic carbocycles. The molecule has 0 bridgehead atoms. The number of likely N-dealkylation sites (tertiary alicyclic amines) is 1. The Hall–Kier alpha value is -2.89. The number of aryl methyl sites for hydroxylation is 1. The summed E-state index contributed by atoms with van der Waals surface area (Å²) in [6.07, 6.45) is 4.89. The summed E-state index contributed by atoms with van der Waals surface area (Å²) in [5.41, 5.74) is 2.40. The molecule has 192 valence electrons. The third-order valence-electron chi connectivity index (χ3n) is 6.08. The summed E-state index contributed by atoms with van der Waals surface area (Å²) in [6.45, 7) is 3.33. The van der Waals surface area contributed by atoms with Gasteiger partial charge in [0.15, 0.2) is 5.76 Å².